The van der Waals surface area contributed by atoms with Crippen molar-refractivity contribution >= 4 is 5.97 Å². The van der Waals surface area contributed by atoms with Crippen molar-refractivity contribution in [2.75, 3.05) is 6.61 Å². The molecule has 3 nitrogen and oxygen atoms in total. The highest BCUT2D eigenvalue weighted by Crippen LogP contribution is 2.06. The minimum Gasteiger partial charge on any atom is -0.457 e. The zero-order chi connectivity index (χ0) is 15.6. The Morgan fingerprint density at radius 1 is 0.909 bits per heavy atom. The Balaban J connectivity index is 1.78. The van der Waals surface area contributed by atoms with Gasteiger partial charge in [0.05, 0.1) is 13.2 Å². The standard InChI is InChI=1S/C19H18O3/c1-2-18(15-21-13-16-9-5-3-6-10-16)19(20)22-14-17-11-7-4-8-12-17/h3-12H,1,13-15H2. The number of carbonyl (C=O) groups is 1. The van der Waals surface area contributed by atoms with Crippen molar-refractivity contribution in [2.45, 2.75) is 13.2 Å². The lowest BCUT2D eigenvalue weighted by Crippen LogP contribution is -2.12. The van der Waals surface area contributed by atoms with Gasteiger partial charge in [-0.15, -0.1) is 5.73 Å². The highest BCUT2D eigenvalue weighted by atomic mass is 16.5. The van der Waals surface area contributed by atoms with Gasteiger partial charge in [-0.05, 0) is 11.1 Å². The Kier molecular flexibility index (Phi) is 6.18. The fourth-order valence-electron chi connectivity index (χ4n) is 1.84. The van der Waals surface area contributed by atoms with Crippen molar-refractivity contribution in [1.29, 1.82) is 0 Å². The summed E-state index contributed by atoms with van der Waals surface area (Å²) in [5.74, 6) is -0.452. The van der Waals surface area contributed by atoms with Gasteiger partial charge in [0.2, 0.25) is 0 Å². The minimum absolute atomic E-state index is 0.131. The Morgan fingerprint density at radius 2 is 1.45 bits per heavy atom. The van der Waals surface area contributed by atoms with Gasteiger partial charge in [-0.1, -0.05) is 67.2 Å². The van der Waals surface area contributed by atoms with Gasteiger partial charge in [-0.2, -0.15) is 0 Å². The molecule has 0 spiro atoms. The molecule has 112 valence electrons. The van der Waals surface area contributed by atoms with E-state index in [1.54, 1.807) is 0 Å². The van der Waals surface area contributed by atoms with E-state index in [4.69, 9.17) is 9.47 Å². The van der Waals surface area contributed by atoms with Crippen LogP contribution in [0.5, 0.6) is 0 Å². The van der Waals surface area contributed by atoms with Crippen LogP contribution in [0.2, 0.25) is 0 Å². The van der Waals surface area contributed by atoms with E-state index < -0.39 is 5.97 Å². The second-order valence-corrected chi connectivity index (χ2v) is 4.70. The van der Waals surface area contributed by atoms with Gasteiger partial charge in [-0.25, -0.2) is 4.79 Å². The topological polar surface area (TPSA) is 35.5 Å². The van der Waals surface area contributed by atoms with E-state index in [2.05, 4.69) is 12.3 Å². The van der Waals surface area contributed by atoms with Crippen LogP contribution >= 0.6 is 0 Å². The highest BCUT2D eigenvalue weighted by molar-refractivity contribution is 5.88. The third-order valence-corrected chi connectivity index (χ3v) is 3.03. The van der Waals surface area contributed by atoms with E-state index in [1.165, 1.54) is 0 Å². The average Bonchev–Trinajstić information content (AvgIpc) is 2.58. The van der Waals surface area contributed by atoms with Gasteiger partial charge in [0.25, 0.3) is 0 Å². The van der Waals surface area contributed by atoms with E-state index in [1.807, 2.05) is 60.7 Å². The van der Waals surface area contributed by atoms with E-state index in [0.717, 1.165) is 11.1 Å². The molecule has 0 saturated carbocycles. The van der Waals surface area contributed by atoms with Gasteiger partial charge < -0.3 is 9.47 Å². The molecule has 0 aliphatic carbocycles. The Labute approximate surface area is 130 Å². The van der Waals surface area contributed by atoms with Crippen molar-refractivity contribution in [3.63, 3.8) is 0 Å². The molecular weight excluding hydrogens is 276 g/mol. The first-order chi connectivity index (χ1) is 10.8. The number of carbonyl (C=O) groups excluding carboxylic acids is 1. The van der Waals surface area contributed by atoms with Crippen LogP contribution in [0.4, 0.5) is 0 Å². The number of hydrogen-bond donors (Lipinski definition) is 0. The minimum atomic E-state index is -0.452. The summed E-state index contributed by atoms with van der Waals surface area (Å²) < 4.78 is 10.7. The van der Waals surface area contributed by atoms with E-state index >= 15 is 0 Å². The average molecular weight is 294 g/mol. The summed E-state index contributed by atoms with van der Waals surface area (Å²) >= 11 is 0. The molecule has 0 aromatic heterocycles. The fraction of sp³-hybridized carbons (Fsp3) is 0.158. The largest absolute Gasteiger partial charge is 0.457 e. The molecule has 0 N–H and O–H groups in total. The Hall–Kier alpha value is -2.61. The Morgan fingerprint density at radius 3 is 2.00 bits per heavy atom. The van der Waals surface area contributed by atoms with Gasteiger partial charge in [0, 0.05) is 0 Å². The van der Waals surface area contributed by atoms with Crippen LogP contribution in [-0.4, -0.2) is 12.6 Å². The third kappa shape index (κ3) is 5.06. The molecule has 0 unspecified atom stereocenters. The SMILES string of the molecule is C=C=C(COCc1ccccc1)C(=O)OCc1ccccc1. The zero-order valence-corrected chi connectivity index (χ0v) is 12.3. The number of rotatable bonds is 7. The van der Waals surface area contributed by atoms with Gasteiger partial charge in [0.15, 0.2) is 0 Å². The zero-order valence-electron chi connectivity index (χ0n) is 12.3. The summed E-state index contributed by atoms with van der Waals surface area (Å²) in [5.41, 5.74) is 4.87. The van der Waals surface area contributed by atoms with Gasteiger partial charge in [-0.3, -0.25) is 0 Å². The molecule has 0 amide bonds. The van der Waals surface area contributed by atoms with E-state index in [0.29, 0.717) is 12.2 Å². The van der Waals surface area contributed by atoms with Gasteiger partial charge >= 0.3 is 5.97 Å². The molecule has 0 aliphatic rings. The first-order valence-corrected chi connectivity index (χ1v) is 7.01. The van der Waals surface area contributed by atoms with Crippen molar-refractivity contribution in [3.05, 3.63) is 89.7 Å². The highest BCUT2D eigenvalue weighted by Gasteiger charge is 2.11. The molecule has 0 heterocycles. The number of esters is 1. The second-order valence-electron chi connectivity index (χ2n) is 4.70. The predicted molar refractivity (Wildman–Crippen MR) is 85.0 cm³/mol. The predicted octanol–water partition coefficient (Wildman–Crippen LogP) is 3.66. The molecule has 0 bridgehead atoms. The van der Waals surface area contributed by atoms with Crippen molar-refractivity contribution in [3.8, 4) is 0 Å². The van der Waals surface area contributed by atoms with Crippen molar-refractivity contribution in [2.24, 2.45) is 0 Å². The van der Waals surface area contributed by atoms with Crippen LogP contribution in [0, 0.1) is 0 Å². The van der Waals surface area contributed by atoms with Crippen LogP contribution in [0.15, 0.2) is 78.5 Å². The quantitative estimate of drug-likeness (QED) is 0.444. The van der Waals surface area contributed by atoms with Crippen LogP contribution in [-0.2, 0) is 27.5 Å². The molecule has 0 saturated heterocycles. The maximum Gasteiger partial charge on any atom is 0.344 e. The third-order valence-electron chi connectivity index (χ3n) is 3.03. The lowest BCUT2D eigenvalue weighted by atomic mass is 10.2. The molecule has 0 aliphatic heterocycles. The smallest absolute Gasteiger partial charge is 0.344 e. The lowest BCUT2D eigenvalue weighted by Gasteiger charge is -2.08. The number of hydrogen-bond acceptors (Lipinski definition) is 3. The summed E-state index contributed by atoms with van der Waals surface area (Å²) in [6.07, 6.45) is 0. The maximum absolute atomic E-state index is 11.9. The normalized spacial score (nSPS) is 9.82. The maximum atomic E-state index is 11.9. The molecule has 0 atom stereocenters. The molecule has 2 aromatic rings. The summed E-state index contributed by atoms with van der Waals surface area (Å²) in [6, 6.07) is 19.3. The van der Waals surface area contributed by atoms with Gasteiger partial charge in [0.1, 0.15) is 12.2 Å². The summed E-state index contributed by atoms with van der Waals surface area (Å²) in [5, 5.41) is 0. The second kappa shape index (κ2) is 8.63. The molecule has 0 fully saturated rings. The van der Waals surface area contributed by atoms with Crippen LogP contribution in [0.3, 0.4) is 0 Å². The molecule has 22 heavy (non-hydrogen) atoms. The molecule has 2 rings (SSSR count). The molecule has 0 radical (unpaired) electrons. The van der Waals surface area contributed by atoms with Crippen molar-refractivity contribution < 1.29 is 14.3 Å². The molecule has 3 heteroatoms. The molecule has 2 aromatic carbocycles. The number of ether oxygens (including phenoxy) is 2. The van der Waals surface area contributed by atoms with Crippen molar-refractivity contribution in [1.82, 2.24) is 0 Å². The summed E-state index contributed by atoms with van der Waals surface area (Å²) in [4.78, 5) is 11.9. The monoisotopic (exact) mass is 294 g/mol. The van der Waals surface area contributed by atoms with Crippen LogP contribution in [0.1, 0.15) is 11.1 Å². The first-order valence-electron chi connectivity index (χ1n) is 7.01. The van der Waals surface area contributed by atoms with Crippen LogP contribution in [0.25, 0.3) is 0 Å². The van der Waals surface area contributed by atoms with E-state index in [9.17, 15) is 4.79 Å². The fourth-order valence-corrected chi connectivity index (χ4v) is 1.84. The first kappa shape index (κ1) is 15.8. The Bertz CT molecular complexity index is 641. The lowest BCUT2D eigenvalue weighted by molar-refractivity contribution is -0.141. The summed E-state index contributed by atoms with van der Waals surface area (Å²) in [6.45, 7) is 4.31. The van der Waals surface area contributed by atoms with E-state index in [-0.39, 0.29) is 13.2 Å². The molecular formula is C19H18O3. The number of benzene rings is 2. The van der Waals surface area contributed by atoms with Crippen LogP contribution < -0.4 is 0 Å². The summed E-state index contributed by atoms with van der Waals surface area (Å²) in [7, 11) is 0.